The minimum absolute atomic E-state index is 0.00736. The molecule has 0 aliphatic carbocycles. The molecule has 0 bridgehead atoms. The average Bonchev–Trinajstić information content (AvgIpc) is 3.48. The summed E-state index contributed by atoms with van der Waals surface area (Å²) in [6, 6.07) is 16.2. The van der Waals surface area contributed by atoms with Crippen LogP contribution in [0.4, 0.5) is 0 Å². The predicted octanol–water partition coefficient (Wildman–Crippen LogP) is 8.83. The van der Waals surface area contributed by atoms with Crippen molar-refractivity contribution in [2.24, 2.45) is 5.92 Å². The standard InChI is InChI=1S/C33H41N3O2S2/c1-5-6-7-8-9-13-19-35-32(37)30(40-33(35)39)22-27-23-36(28-14-11-10-12-15-28)34-31(27)26-16-17-29(25(4)21-26)38-20-18-24(2)3/h10-12,14-17,21-24H,5-9,13,18-20H2,1-4H3/b30-22-. The molecule has 0 spiro atoms. The van der Waals surface area contributed by atoms with Crippen molar-refractivity contribution in [2.45, 2.75) is 72.6 Å². The molecule has 4 rings (SSSR count). The average molecular weight is 576 g/mol. The molecular formula is C33H41N3O2S2. The van der Waals surface area contributed by atoms with E-state index >= 15 is 0 Å². The van der Waals surface area contributed by atoms with Gasteiger partial charge in [-0.2, -0.15) is 5.10 Å². The number of ether oxygens (including phenoxy) is 1. The molecule has 0 N–H and O–H groups in total. The molecule has 1 aliphatic heterocycles. The van der Waals surface area contributed by atoms with E-state index in [1.165, 1.54) is 37.4 Å². The van der Waals surface area contributed by atoms with Crippen LogP contribution in [0.15, 0.2) is 59.6 Å². The highest BCUT2D eigenvalue weighted by atomic mass is 32.2. The van der Waals surface area contributed by atoms with Gasteiger partial charge in [0.1, 0.15) is 15.8 Å². The lowest BCUT2D eigenvalue weighted by atomic mass is 10.0. The fourth-order valence-corrected chi connectivity index (χ4v) is 5.98. The molecule has 7 heteroatoms. The second kappa shape index (κ2) is 14.6. The van der Waals surface area contributed by atoms with Gasteiger partial charge < -0.3 is 4.74 Å². The van der Waals surface area contributed by atoms with Crippen LogP contribution in [0.25, 0.3) is 23.0 Å². The molecule has 1 fully saturated rings. The lowest BCUT2D eigenvalue weighted by molar-refractivity contribution is -0.122. The molecular weight excluding hydrogens is 535 g/mol. The Morgan fingerprint density at radius 1 is 1.05 bits per heavy atom. The zero-order chi connectivity index (χ0) is 28.5. The van der Waals surface area contributed by atoms with Crippen molar-refractivity contribution < 1.29 is 9.53 Å². The molecule has 1 amide bonds. The molecule has 0 unspecified atom stereocenters. The summed E-state index contributed by atoms with van der Waals surface area (Å²) >= 11 is 7.00. The first-order chi connectivity index (χ1) is 19.4. The third kappa shape index (κ3) is 7.85. The maximum Gasteiger partial charge on any atom is 0.266 e. The van der Waals surface area contributed by atoms with Gasteiger partial charge >= 0.3 is 0 Å². The maximum absolute atomic E-state index is 13.4. The molecule has 1 aliphatic rings. The summed E-state index contributed by atoms with van der Waals surface area (Å²) in [5.74, 6) is 1.49. The predicted molar refractivity (Wildman–Crippen MR) is 172 cm³/mol. The number of aromatic nitrogens is 2. The van der Waals surface area contributed by atoms with Gasteiger partial charge in [0.15, 0.2) is 0 Å². The van der Waals surface area contributed by atoms with Crippen LogP contribution in [0.5, 0.6) is 5.75 Å². The SMILES string of the molecule is CCCCCCCCN1C(=O)/C(=C/c2cn(-c3ccccc3)nc2-c2ccc(OCCC(C)C)c(C)c2)SC1=S. The summed E-state index contributed by atoms with van der Waals surface area (Å²) in [6.07, 6.45) is 12.0. The number of thiocarbonyl (C=S) groups is 1. The fraction of sp³-hybridized carbons (Fsp3) is 0.424. The Kier molecular flexibility index (Phi) is 11.0. The van der Waals surface area contributed by atoms with E-state index in [2.05, 4.69) is 39.8 Å². The molecule has 212 valence electrons. The number of para-hydroxylation sites is 1. The van der Waals surface area contributed by atoms with Gasteiger partial charge in [0.2, 0.25) is 0 Å². The normalized spacial score (nSPS) is 14.6. The van der Waals surface area contributed by atoms with Crippen molar-refractivity contribution in [1.29, 1.82) is 0 Å². The Morgan fingerprint density at radius 2 is 1.80 bits per heavy atom. The minimum atomic E-state index is -0.00736. The van der Waals surface area contributed by atoms with E-state index in [-0.39, 0.29) is 5.91 Å². The Hall–Kier alpha value is -2.90. The Bertz CT molecular complexity index is 1330. The van der Waals surface area contributed by atoms with Gasteiger partial charge in [0.25, 0.3) is 5.91 Å². The van der Waals surface area contributed by atoms with Gasteiger partial charge in [-0.15, -0.1) is 0 Å². The van der Waals surface area contributed by atoms with Crippen LogP contribution in [-0.2, 0) is 4.79 Å². The summed E-state index contributed by atoms with van der Waals surface area (Å²) in [5, 5.41) is 4.96. The van der Waals surface area contributed by atoms with E-state index in [9.17, 15) is 4.79 Å². The molecule has 3 aromatic rings. The first-order valence-corrected chi connectivity index (χ1v) is 15.7. The largest absolute Gasteiger partial charge is 0.493 e. The number of carbonyl (C=O) groups excluding carboxylic acids is 1. The zero-order valence-electron chi connectivity index (χ0n) is 24.2. The van der Waals surface area contributed by atoms with Gasteiger partial charge in [0, 0.05) is 23.9 Å². The van der Waals surface area contributed by atoms with E-state index in [0.717, 1.165) is 53.1 Å². The molecule has 1 saturated heterocycles. The highest BCUT2D eigenvalue weighted by Gasteiger charge is 2.32. The van der Waals surface area contributed by atoms with Crippen LogP contribution in [0, 0.1) is 12.8 Å². The molecule has 0 atom stereocenters. The number of benzene rings is 2. The zero-order valence-corrected chi connectivity index (χ0v) is 25.8. The van der Waals surface area contributed by atoms with E-state index in [1.54, 1.807) is 4.90 Å². The lowest BCUT2D eigenvalue weighted by Crippen LogP contribution is -2.29. The van der Waals surface area contributed by atoms with Crippen molar-refractivity contribution in [3.05, 3.63) is 70.8 Å². The number of hydrogen-bond donors (Lipinski definition) is 0. The summed E-state index contributed by atoms with van der Waals surface area (Å²) in [4.78, 5) is 15.8. The number of nitrogens with zero attached hydrogens (tertiary/aromatic N) is 3. The topological polar surface area (TPSA) is 47.4 Å². The van der Waals surface area contributed by atoms with Gasteiger partial charge in [-0.25, -0.2) is 4.68 Å². The van der Waals surface area contributed by atoms with Gasteiger partial charge in [-0.1, -0.05) is 95.1 Å². The van der Waals surface area contributed by atoms with Crippen molar-refractivity contribution in [2.75, 3.05) is 13.2 Å². The fourth-order valence-electron chi connectivity index (χ4n) is 4.68. The highest BCUT2D eigenvalue weighted by Crippen LogP contribution is 2.36. The molecule has 1 aromatic heterocycles. The Labute approximate surface area is 249 Å². The van der Waals surface area contributed by atoms with Crippen LogP contribution < -0.4 is 4.74 Å². The second-order valence-corrected chi connectivity index (χ2v) is 12.5. The number of thioether (sulfide) groups is 1. The molecule has 40 heavy (non-hydrogen) atoms. The van der Waals surface area contributed by atoms with Crippen molar-refractivity contribution >= 4 is 40.3 Å². The van der Waals surface area contributed by atoms with Crippen LogP contribution in [-0.4, -0.2) is 38.1 Å². The van der Waals surface area contributed by atoms with Gasteiger partial charge in [-0.05, 0) is 67.7 Å². The smallest absolute Gasteiger partial charge is 0.266 e. The number of aryl methyl sites for hydroxylation is 1. The second-order valence-electron chi connectivity index (χ2n) is 10.8. The highest BCUT2D eigenvalue weighted by molar-refractivity contribution is 8.26. The third-order valence-electron chi connectivity index (χ3n) is 7.06. The van der Waals surface area contributed by atoms with Crippen molar-refractivity contribution in [3.8, 4) is 22.7 Å². The number of amides is 1. The minimum Gasteiger partial charge on any atom is -0.493 e. The number of unbranched alkanes of at least 4 members (excludes halogenated alkanes) is 5. The van der Waals surface area contributed by atoms with Crippen LogP contribution >= 0.6 is 24.0 Å². The first kappa shape index (κ1) is 30.1. The van der Waals surface area contributed by atoms with Crippen LogP contribution in [0.1, 0.15) is 76.8 Å². The molecule has 2 aromatic carbocycles. The molecule has 0 radical (unpaired) electrons. The van der Waals surface area contributed by atoms with E-state index in [1.807, 2.05) is 53.4 Å². The summed E-state index contributed by atoms with van der Waals surface area (Å²) < 4.78 is 8.56. The van der Waals surface area contributed by atoms with Gasteiger partial charge in [0.05, 0.1) is 17.2 Å². The molecule has 5 nitrogen and oxygen atoms in total. The van der Waals surface area contributed by atoms with E-state index in [4.69, 9.17) is 22.1 Å². The van der Waals surface area contributed by atoms with Crippen LogP contribution in [0.3, 0.4) is 0 Å². The monoisotopic (exact) mass is 575 g/mol. The summed E-state index contributed by atoms with van der Waals surface area (Å²) in [7, 11) is 0. The maximum atomic E-state index is 13.4. The van der Waals surface area contributed by atoms with E-state index in [0.29, 0.717) is 28.3 Å². The summed E-state index contributed by atoms with van der Waals surface area (Å²) in [6.45, 7) is 10.1. The van der Waals surface area contributed by atoms with Gasteiger partial charge in [-0.3, -0.25) is 9.69 Å². The molecule has 2 heterocycles. The Morgan fingerprint density at radius 3 is 2.52 bits per heavy atom. The number of carbonyl (C=O) groups is 1. The molecule has 0 saturated carbocycles. The first-order valence-electron chi connectivity index (χ1n) is 14.5. The summed E-state index contributed by atoms with van der Waals surface area (Å²) in [5.41, 5.74) is 4.71. The number of rotatable bonds is 14. The van der Waals surface area contributed by atoms with E-state index < -0.39 is 0 Å². The Balaban J connectivity index is 1.58. The van der Waals surface area contributed by atoms with Crippen LogP contribution in [0.2, 0.25) is 0 Å². The quantitative estimate of drug-likeness (QED) is 0.109. The third-order valence-corrected chi connectivity index (χ3v) is 8.44. The lowest BCUT2D eigenvalue weighted by Gasteiger charge is -2.14. The van der Waals surface area contributed by atoms with Crippen molar-refractivity contribution in [1.82, 2.24) is 14.7 Å². The van der Waals surface area contributed by atoms with Crippen molar-refractivity contribution in [3.63, 3.8) is 0 Å². The number of hydrogen-bond acceptors (Lipinski definition) is 5.